The Balaban J connectivity index is 2.27. The van der Waals surface area contributed by atoms with Crippen molar-refractivity contribution in [1.82, 2.24) is 15.2 Å². The summed E-state index contributed by atoms with van der Waals surface area (Å²) in [7, 11) is 0. The highest BCUT2D eigenvalue weighted by Crippen LogP contribution is 2.34. The number of rotatable bonds is 4. The monoisotopic (exact) mass is 316 g/mol. The molecule has 0 saturated heterocycles. The first-order valence-electron chi connectivity index (χ1n) is 8.09. The summed E-state index contributed by atoms with van der Waals surface area (Å²) < 4.78 is 0. The molecule has 120 valence electrons. The van der Waals surface area contributed by atoms with Crippen LogP contribution in [-0.4, -0.2) is 15.2 Å². The maximum Gasteiger partial charge on any atom is 0.155 e. The molecule has 4 heteroatoms. The number of nitrogens with zero attached hydrogens (tertiary/aromatic N) is 3. The highest BCUT2D eigenvalue weighted by Gasteiger charge is 2.25. The van der Waals surface area contributed by atoms with Crippen LogP contribution in [0.4, 0.5) is 0 Å². The summed E-state index contributed by atoms with van der Waals surface area (Å²) >= 11 is 0. The fourth-order valence-corrected chi connectivity index (χ4v) is 2.86. The third-order valence-corrected chi connectivity index (χ3v) is 4.57. The van der Waals surface area contributed by atoms with E-state index >= 15 is 0 Å². The fraction of sp³-hybridized carbons (Fsp3) is 0.250. The molecule has 0 aliphatic carbocycles. The average Bonchev–Trinajstić information content (AvgIpc) is 3.09. The number of nitrogens with one attached hydrogen (secondary N) is 1. The van der Waals surface area contributed by atoms with Gasteiger partial charge in [-0.1, -0.05) is 25.1 Å². The van der Waals surface area contributed by atoms with Gasteiger partial charge in [0, 0.05) is 11.6 Å². The molecule has 24 heavy (non-hydrogen) atoms. The Hall–Kier alpha value is -2.93. The average molecular weight is 316 g/mol. The van der Waals surface area contributed by atoms with Crippen molar-refractivity contribution >= 4 is 17.1 Å². The summed E-state index contributed by atoms with van der Waals surface area (Å²) in [5, 5.41) is 17.7. The Labute approximate surface area is 141 Å². The summed E-state index contributed by atoms with van der Waals surface area (Å²) in [5.41, 5.74) is 4.53. The molecule has 1 N–H and O–H groups in total. The predicted octanol–water partition coefficient (Wildman–Crippen LogP) is 4.85. The maximum absolute atomic E-state index is 9.67. The third kappa shape index (κ3) is 2.69. The molecule has 0 amide bonds. The summed E-state index contributed by atoms with van der Waals surface area (Å²) in [6.45, 7) is 6.04. The number of benzene rings is 1. The van der Waals surface area contributed by atoms with Crippen molar-refractivity contribution < 1.29 is 0 Å². The summed E-state index contributed by atoms with van der Waals surface area (Å²) in [5.74, 6) is 0. The van der Waals surface area contributed by atoms with Crippen molar-refractivity contribution in [1.29, 1.82) is 5.26 Å². The lowest BCUT2D eigenvalue weighted by atomic mass is 9.79. The van der Waals surface area contributed by atoms with E-state index in [1.165, 1.54) is 0 Å². The van der Waals surface area contributed by atoms with Crippen molar-refractivity contribution in [3.8, 4) is 17.2 Å². The van der Waals surface area contributed by atoms with Crippen LogP contribution in [0, 0.1) is 11.3 Å². The summed E-state index contributed by atoms with van der Waals surface area (Å²) in [6.07, 6.45) is 8.41. The van der Waals surface area contributed by atoms with E-state index in [0.29, 0.717) is 0 Å². The Morgan fingerprint density at radius 3 is 2.88 bits per heavy atom. The lowest BCUT2D eigenvalue weighted by Gasteiger charge is -2.22. The zero-order valence-electron chi connectivity index (χ0n) is 14.2. The van der Waals surface area contributed by atoms with Crippen molar-refractivity contribution in [3.05, 3.63) is 53.9 Å². The Bertz CT molecular complexity index is 946. The maximum atomic E-state index is 9.67. The molecule has 1 aromatic carbocycles. The molecule has 0 aliphatic heterocycles. The van der Waals surface area contributed by atoms with Crippen LogP contribution in [0.2, 0.25) is 0 Å². The number of hydrogen-bond donors (Lipinski definition) is 1. The molecule has 0 radical (unpaired) electrons. The number of nitriles is 1. The van der Waals surface area contributed by atoms with Gasteiger partial charge in [-0.2, -0.15) is 10.4 Å². The van der Waals surface area contributed by atoms with Gasteiger partial charge in [0.15, 0.2) is 5.65 Å². The van der Waals surface area contributed by atoms with Crippen LogP contribution in [0.3, 0.4) is 0 Å². The predicted molar refractivity (Wildman–Crippen MR) is 97.3 cm³/mol. The van der Waals surface area contributed by atoms with E-state index in [4.69, 9.17) is 0 Å². The molecule has 1 unspecified atom stereocenters. The highest BCUT2D eigenvalue weighted by molar-refractivity contribution is 5.92. The van der Waals surface area contributed by atoms with Crippen molar-refractivity contribution in [2.24, 2.45) is 0 Å². The molecule has 4 nitrogen and oxygen atoms in total. The number of aromatic nitrogens is 3. The SMILES string of the molecule is C/C=C\c1cc(-c2ccnc3[nH]ncc23)cc(C(C)(C#N)CC)c1. The molecule has 2 aromatic heterocycles. The minimum atomic E-state index is -0.505. The van der Waals surface area contributed by atoms with Crippen LogP contribution in [0.1, 0.15) is 38.3 Å². The molecular formula is C20H20N4. The van der Waals surface area contributed by atoms with Gasteiger partial charge >= 0.3 is 0 Å². The van der Waals surface area contributed by atoms with E-state index in [9.17, 15) is 5.26 Å². The lowest BCUT2D eigenvalue weighted by molar-refractivity contribution is 0.587. The topological polar surface area (TPSA) is 65.4 Å². The number of allylic oxidation sites excluding steroid dienone is 1. The molecule has 3 rings (SSSR count). The minimum Gasteiger partial charge on any atom is -0.261 e. The third-order valence-electron chi connectivity index (χ3n) is 4.57. The number of aromatic amines is 1. The van der Waals surface area contributed by atoms with Crippen LogP contribution < -0.4 is 0 Å². The lowest BCUT2D eigenvalue weighted by Crippen LogP contribution is -2.18. The van der Waals surface area contributed by atoms with Gasteiger partial charge in [-0.15, -0.1) is 0 Å². The van der Waals surface area contributed by atoms with E-state index in [2.05, 4.69) is 45.5 Å². The van der Waals surface area contributed by atoms with Gasteiger partial charge in [0.1, 0.15) is 0 Å². The largest absolute Gasteiger partial charge is 0.261 e. The molecule has 0 aliphatic rings. The van der Waals surface area contributed by atoms with E-state index in [1.54, 1.807) is 12.4 Å². The number of fused-ring (bicyclic) bond motifs is 1. The Morgan fingerprint density at radius 1 is 1.33 bits per heavy atom. The molecule has 2 heterocycles. The van der Waals surface area contributed by atoms with Crippen molar-refractivity contribution in [2.45, 2.75) is 32.6 Å². The Kier molecular flexibility index (Phi) is 4.18. The first kappa shape index (κ1) is 15.9. The van der Waals surface area contributed by atoms with Gasteiger partial charge in [-0.25, -0.2) is 4.98 Å². The highest BCUT2D eigenvalue weighted by atomic mass is 15.1. The van der Waals surface area contributed by atoms with Crippen LogP contribution in [-0.2, 0) is 5.41 Å². The summed E-state index contributed by atoms with van der Waals surface area (Å²) in [4.78, 5) is 4.31. The van der Waals surface area contributed by atoms with E-state index < -0.39 is 5.41 Å². The number of hydrogen-bond acceptors (Lipinski definition) is 3. The van der Waals surface area contributed by atoms with Crippen molar-refractivity contribution in [2.75, 3.05) is 0 Å². The molecule has 3 aromatic rings. The molecule has 0 bridgehead atoms. The van der Waals surface area contributed by atoms with Gasteiger partial charge < -0.3 is 0 Å². The van der Waals surface area contributed by atoms with Crippen LogP contribution in [0.25, 0.3) is 28.2 Å². The van der Waals surface area contributed by atoms with Crippen LogP contribution in [0.5, 0.6) is 0 Å². The second-order valence-electron chi connectivity index (χ2n) is 6.13. The standard InChI is InChI=1S/C20H20N4/c1-4-6-14-9-15(11-16(10-14)20(3,5-2)13-21)17-7-8-22-19-18(17)12-23-24-19/h4,6-12H,5H2,1-3H3,(H,22,23,24)/b6-4-. The first-order chi connectivity index (χ1) is 11.6. The smallest absolute Gasteiger partial charge is 0.155 e. The van der Waals surface area contributed by atoms with Gasteiger partial charge in [-0.05, 0) is 60.7 Å². The molecule has 0 spiro atoms. The Morgan fingerprint density at radius 2 is 2.17 bits per heavy atom. The zero-order chi connectivity index (χ0) is 17.2. The van der Waals surface area contributed by atoms with Crippen LogP contribution >= 0.6 is 0 Å². The number of H-pyrrole nitrogens is 1. The van der Waals surface area contributed by atoms with Crippen LogP contribution in [0.15, 0.2) is 42.7 Å². The van der Waals surface area contributed by atoms with E-state index in [-0.39, 0.29) is 0 Å². The number of pyridine rings is 1. The summed E-state index contributed by atoms with van der Waals surface area (Å²) in [6, 6.07) is 10.8. The van der Waals surface area contributed by atoms with Gasteiger partial charge in [0.2, 0.25) is 0 Å². The van der Waals surface area contributed by atoms with Gasteiger partial charge in [-0.3, -0.25) is 5.10 Å². The second-order valence-corrected chi connectivity index (χ2v) is 6.13. The van der Waals surface area contributed by atoms with Gasteiger partial charge in [0.25, 0.3) is 0 Å². The second kappa shape index (κ2) is 6.29. The molecule has 1 atom stereocenters. The zero-order valence-corrected chi connectivity index (χ0v) is 14.2. The normalized spacial score (nSPS) is 13.9. The van der Waals surface area contributed by atoms with Gasteiger partial charge in [0.05, 0.1) is 17.7 Å². The minimum absolute atomic E-state index is 0.505. The first-order valence-corrected chi connectivity index (χ1v) is 8.09. The molecule has 0 fully saturated rings. The van der Waals surface area contributed by atoms with E-state index in [0.717, 1.165) is 39.7 Å². The molecular weight excluding hydrogens is 296 g/mol. The van der Waals surface area contributed by atoms with E-state index in [1.807, 2.05) is 32.9 Å². The fourth-order valence-electron chi connectivity index (χ4n) is 2.86. The van der Waals surface area contributed by atoms with Crippen molar-refractivity contribution in [3.63, 3.8) is 0 Å². The molecule has 0 saturated carbocycles. The quantitative estimate of drug-likeness (QED) is 0.748.